The van der Waals surface area contributed by atoms with Gasteiger partial charge in [0, 0.05) is 11.6 Å². The third kappa shape index (κ3) is 2.55. The number of rotatable bonds is 3. The van der Waals surface area contributed by atoms with Crippen molar-refractivity contribution in [3.63, 3.8) is 0 Å². The van der Waals surface area contributed by atoms with E-state index in [1.807, 2.05) is 30.3 Å². The zero-order valence-electron chi connectivity index (χ0n) is 9.48. The molecule has 0 fully saturated rings. The first-order valence-corrected chi connectivity index (χ1v) is 5.38. The molecule has 90 valence electrons. The molecule has 0 radical (unpaired) electrons. The molecule has 2 aromatic rings. The minimum absolute atomic E-state index is 0.287. The Morgan fingerprint density at radius 3 is 2.39 bits per heavy atom. The van der Waals surface area contributed by atoms with Crippen LogP contribution in [-0.4, -0.2) is 10.0 Å². The van der Waals surface area contributed by atoms with Gasteiger partial charge in [0.05, 0.1) is 4.92 Å². The van der Waals surface area contributed by atoms with E-state index in [0.29, 0.717) is 5.56 Å². The van der Waals surface area contributed by atoms with Crippen molar-refractivity contribution in [2.45, 2.75) is 0 Å². The highest BCUT2D eigenvalue weighted by Crippen LogP contribution is 2.30. The van der Waals surface area contributed by atoms with Crippen molar-refractivity contribution in [1.82, 2.24) is 0 Å². The summed E-state index contributed by atoms with van der Waals surface area (Å²) in [5.74, 6) is -0.310. The van der Waals surface area contributed by atoms with Crippen molar-refractivity contribution in [1.29, 1.82) is 0 Å². The SMILES string of the molecule is O=[N+]([O-])c1cccc(C=Cc2ccccc2)c1O. The summed E-state index contributed by atoms with van der Waals surface area (Å²) in [6.45, 7) is 0. The van der Waals surface area contributed by atoms with Crippen LogP contribution in [0.25, 0.3) is 12.2 Å². The van der Waals surface area contributed by atoms with Crippen molar-refractivity contribution >= 4 is 17.8 Å². The number of nitro groups is 1. The summed E-state index contributed by atoms with van der Waals surface area (Å²) >= 11 is 0. The van der Waals surface area contributed by atoms with Gasteiger partial charge in [0.25, 0.3) is 0 Å². The smallest absolute Gasteiger partial charge is 0.311 e. The molecule has 2 aromatic carbocycles. The van der Waals surface area contributed by atoms with Gasteiger partial charge in [-0.25, -0.2) is 0 Å². The molecular formula is C14H11NO3. The molecule has 0 aliphatic rings. The van der Waals surface area contributed by atoms with Gasteiger partial charge < -0.3 is 5.11 Å². The standard InChI is InChI=1S/C14H11NO3/c16-14-12(7-4-8-13(14)15(17)18)10-9-11-5-2-1-3-6-11/h1-10,16H. The van der Waals surface area contributed by atoms with E-state index in [4.69, 9.17) is 0 Å². The molecule has 18 heavy (non-hydrogen) atoms. The predicted octanol–water partition coefficient (Wildman–Crippen LogP) is 3.47. The average molecular weight is 241 g/mol. The molecule has 4 nitrogen and oxygen atoms in total. The van der Waals surface area contributed by atoms with Crippen molar-refractivity contribution in [3.8, 4) is 5.75 Å². The molecular weight excluding hydrogens is 230 g/mol. The second-order valence-electron chi connectivity index (χ2n) is 3.72. The molecule has 1 N–H and O–H groups in total. The Balaban J connectivity index is 2.33. The summed E-state index contributed by atoms with van der Waals surface area (Å²) in [5, 5.41) is 20.4. The van der Waals surface area contributed by atoms with Gasteiger partial charge in [0.2, 0.25) is 5.75 Å². The summed E-state index contributed by atoms with van der Waals surface area (Å²) < 4.78 is 0. The summed E-state index contributed by atoms with van der Waals surface area (Å²) in [7, 11) is 0. The summed E-state index contributed by atoms with van der Waals surface area (Å²) in [6.07, 6.45) is 3.44. The van der Waals surface area contributed by atoms with E-state index in [-0.39, 0.29) is 11.4 Å². The summed E-state index contributed by atoms with van der Waals surface area (Å²) in [6, 6.07) is 14.0. The molecule has 0 unspecified atom stereocenters. The van der Waals surface area contributed by atoms with Gasteiger partial charge in [0.1, 0.15) is 0 Å². The van der Waals surface area contributed by atoms with Crippen molar-refractivity contribution in [2.24, 2.45) is 0 Å². The minimum atomic E-state index is -0.602. The van der Waals surface area contributed by atoms with E-state index in [9.17, 15) is 15.2 Å². The normalized spacial score (nSPS) is 10.7. The van der Waals surface area contributed by atoms with Gasteiger partial charge in [0.15, 0.2) is 0 Å². The fourth-order valence-electron chi connectivity index (χ4n) is 1.58. The Bertz CT molecular complexity index is 591. The van der Waals surface area contributed by atoms with Gasteiger partial charge in [-0.15, -0.1) is 0 Å². The Morgan fingerprint density at radius 1 is 1.00 bits per heavy atom. The lowest BCUT2D eigenvalue weighted by molar-refractivity contribution is -0.385. The van der Waals surface area contributed by atoms with Crippen LogP contribution in [0.3, 0.4) is 0 Å². The number of hydrogen-bond acceptors (Lipinski definition) is 3. The third-order valence-corrected chi connectivity index (χ3v) is 2.50. The van der Waals surface area contributed by atoms with Crippen LogP contribution >= 0.6 is 0 Å². The van der Waals surface area contributed by atoms with E-state index in [2.05, 4.69) is 0 Å². The van der Waals surface area contributed by atoms with Crippen molar-refractivity contribution in [3.05, 3.63) is 69.8 Å². The fraction of sp³-hybridized carbons (Fsp3) is 0. The summed E-state index contributed by atoms with van der Waals surface area (Å²) in [5.41, 5.74) is 1.10. The van der Waals surface area contributed by atoms with Crippen LogP contribution in [-0.2, 0) is 0 Å². The van der Waals surface area contributed by atoms with Crippen molar-refractivity contribution < 1.29 is 10.0 Å². The van der Waals surface area contributed by atoms with Crippen LogP contribution in [0.4, 0.5) is 5.69 Å². The maximum absolute atomic E-state index is 10.7. The second-order valence-corrected chi connectivity index (χ2v) is 3.72. The largest absolute Gasteiger partial charge is 0.502 e. The van der Waals surface area contributed by atoms with Crippen LogP contribution in [0.2, 0.25) is 0 Å². The molecule has 4 heteroatoms. The van der Waals surface area contributed by atoms with E-state index < -0.39 is 4.92 Å². The van der Waals surface area contributed by atoms with Gasteiger partial charge in [-0.1, -0.05) is 54.6 Å². The Labute approximate surface area is 104 Å². The number of nitrogens with zero attached hydrogens (tertiary/aromatic N) is 1. The maximum Gasteiger partial charge on any atom is 0.311 e. The Kier molecular flexibility index (Phi) is 3.38. The maximum atomic E-state index is 10.7. The van der Waals surface area contributed by atoms with Gasteiger partial charge in [-0.05, 0) is 5.56 Å². The highest BCUT2D eigenvalue weighted by molar-refractivity contribution is 5.74. The third-order valence-electron chi connectivity index (χ3n) is 2.50. The number of phenols is 1. The highest BCUT2D eigenvalue weighted by Gasteiger charge is 2.14. The number of para-hydroxylation sites is 1. The molecule has 0 atom stereocenters. The molecule has 0 heterocycles. The molecule has 0 aromatic heterocycles. The lowest BCUT2D eigenvalue weighted by Crippen LogP contribution is -1.89. The predicted molar refractivity (Wildman–Crippen MR) is 70.1 cm³/mol. The monoisotopic (exact) mass is 241 g/mol. The molecule has 2 rings (SSSR count). The zero-order valence-corrected chi connectivity index (χ0v) is 9.48. The van der Waals surface area contributed by atoms with Gasteiger partial charge >= 0.3 is 5.69 Å². The first-order valence-electron chi connectivity index (χ1n) is 5.38. The molecule has 0 aliphatic heterocycles. The topological polar surface area (TPSA) is 63.4 Å². The van der Waals surface area contributed by atoms with E-state index >= 15 is 0 Å². The molecule has 0 saturated carbocycles. The van der Waals surface area contributed by atoms with Crippen LogP contribution in [0.5, 0.6) is 5.75 Å². The van der Waals surface area contributed by atoms with Crippen LogP contribution in [0.1, 0.15) is 11.1 Å². The van der Waals surface area contributed by atoms with Gasteiger partial charge in [-0.2, -0.15) is 0 Å². The van der Waals surface area contributed by atoms with Gasteiger partial charge in [-0.3, -0.25) is 10.1 Å². The first kappa shape index (κ1) is 11.9. The zero-order chi connectivity index (χ0) is 13.0. The summed E-state index contributed by atoms with van der Waals surface area (Å²) in [4.78, 5) is 10.1. The quantitative estimate of drug-likeness (QED) is 0.508. The Morgan fingerprint density at radius 2 is 1.72 bits per heavy atom. The van der Waals surface area contributed by atoms with Crippen LogP contribution < -0.4 is 0 Å². The lowest BCUT2D eigenvalue weighted by atomic mass is 10.1. The first-order chi connectivity index (χ1) is 8.68. The number of phenolic OH excluding ortho intramolecular Hbond substituents is 1. The van der Waals surface area contributed by atoms with E-state index in [1.54, 1.807) is 24.3 Å². The van der Waals surface area contributed by atoms with E-state index in [0.717, 1.165) is 5.56 Å². The second kappa shape index (κ2) is 5.14. The van der Waals surface area contributed by atoms with Crippen molar-refractivity contribution in [2.75, 3.05) is 0 Å². The number of benzene rings is 2. The minimum Gasteiger partial charge on any atom is -0.502 e. The average Bonchev–Trinajstić information content (AvgIpc) is 2.38. The molecule has 0 amide bonds. The van der Waals surface area contributed by atoms with Crippen LogP contribution in [0.15, 0.2) is 48.5 Å². The number of nitro benzene ring substituents is 1. The Hall–Kier alpha value is -2.62. The van der Waals surface area contributed by atoms with E-state index in [1.165, 1.54) is 6.07 Å². The molecule has 0 saturated heterocycles. The number of hydrogen-bond donors (Lipinski definition) is 1. The fourth-order valence-corrected chi connectivity index (χ4v) is 1.58. The molecule has 0 aliphatic carbocycles. The highest BCUT2D eigenvalue weighted by atomic mass is 16.6. The van der Waals surface area contributed by atoms with Crippen LogP contribution in [0, 0.1) is 10.1 Å². The number of aromatic hydroxyl groups is 1. The molecule has 0 spiro atoms. The lowest BCUT2D eigenvalue weighted by Gasteiger charge is -1.99. The molecule has 0 bridgehead atoms.